The smallest absolute Gasteiger partial charge is 0.126 e. The molecule has 1 aromatic heterocycles. The number of halogens is 1. The Morgan fingerprint density at radius 2 is 1.85 bits per heavy atom. The van der Waals surface area contributed by atoms with Crippen LogP contribution in [0.3, 0.4) is 0 Å². The minimum Gasteiger partial charge on any atom is -0.392 e. The Balaban J connectivity index is 1.80. The second-order valence-electron chi connectivity index (χ2n) is 6.85. The highest BCUT2D eigenvalue weighted by atomic mass is 19.1. The molecule has 0 saturated heterocycles. The molecule has 0 saturated carbocycles. The van der Waals surface area contributed by atoms with Crippen LogP contribution in [-0.4, -0.2) is 22.7 Å². The number of nitrogens with zero attached hydrogens (tertiary/aromatic N) is 1. The minimum absolute atomic E-state index is 0.235. The van der Waals surface area contributed by atoms with E-state index >= 15 is 0 Å². The summed E-state index contributed by atoms with van der Waals surface area (Å²) in [6.45, 7) is 2.18. The number of rotatable bonds is 5. The molecule has 1 aliphatic rings. The Morgan fingerprint density at radius 1 is 1.07 bits per heavy atom. The lowest BCUT2D eigenvalue weighted by molar-refractivity contribution is 0.208. The molecule has 0 radical (unpaired) electrons. The first-order valence-electron chi connectivity index (χ1n) is 9.07. The summed E-state index contributed by atoms with van der Waals surface area (Å²) in [6, 6.07) is 19.0. The Labute approximate surface area is 158 Å². The quantitative estimate of drug-likeness (QED) is 0.703. The van der Waals surface area contributed by atoms with E-state index in [1.165, 1.54) is 28.8 Å². The maximum atomic E-state index is 13.4. The van der Waals surface area contributed by atoms with Gasteiger partial charge in [-0.3, -0.25) is 0 Å². The largest absolute Gasteiger partial charge is 0.392 e. The molecule has 136 valence electrons. The third-order valence-corrected chi connectivity index (χ3v) is 4.78. The van der Waals surface area contributed by atoms with E-state index in [1.807, 2.05) is 36.4 Å². The van der Waals surface area contributed by atoms with Crippen LogP contribution in [0.5, 0.6) is 0 Å². The zero-order valence-electron chi connectivity index (χ0n) is 15.1. The molecule has 0 spiro atoms. The van der Waals surface area contributed by atoms with Crippen molar-refractivity contribution in [1.29, 1.82) is 0 Å². The molecule has 4 heteroatoms. The van der Waals surface area contributed by atoms with Crippen LogP contribution in [0.2, 0.25) is 0 Å². The van der Waals surface area contributed by atoms with Gasteiger partial charge in [0.1, 0.15) is 11.6 Å². The molecular weight excluding hydrogens is 339 g/mol. The molecule has 2 aromatic carbocycles. The lowest BCUT2D eigenvalue weighted by Gasteiger charge is -2.12. The molecule has 1 atom stereocenters. The van der Waals surface area contributed by atoms with Crippen LogP contribution in [-0.2, 0) is 6.42 Å². The number of hydrogen-bond donors (Lipinski definition) is 2. The average molecular weight is 360 g/mol. The molecule has 2 N–H and O–H groups in total. The molecule has 1 aliphatic carbocycles. The van der Waals surface area contributed by atoms with Gasteiger partial charge in [-0.05, 0) is 71.0 Å². The van der Waals surface area contributed by atoms with Crippen molar-refractivity contribution in [3.05, 3.63) is 94.9 Å². The van der Waals surface area contributed by atoms with Gasteiger partial charge in [0.2, 0.25) is 0 Å². The average Bonchev–Trinajstić information content (AvgIpc) is 3.07. The molecule has 4 rings (SSSR count). The molecule has 0 bridgehead atoms. The van der Waals surface area contributed by atoms with E-state index in [0.717, 1.165) is 28.9 Å². The summed E-state index contributed by atoms with van der Waals surface area (Å²) in [5.41, 5.74) is 6.88. The summed E-state index contributed by atoms with van der Waals surface area (Å²) in [7, 11) is 0. The number of benzene rings is 2. The van der Waals surface area contributed by atoms with Gasteiger partial charge in [-0.15, -0.1) is 0 Å². The number of nitrogens with one attached hydrogen (secondary N) is 1. The standard InChI is InChI=1S/C23H21FN2O/c1-15(27)14-26-22-13-18(10-11-25-22)21-12-17-4-2-3-5-20(17)23(21)16-6-8-19(24)9-7-16/h2-11,13,15,27H,12,14H2,1H3,(H,25,26)/t15-/m0/s1. The number of aliphatic hydroxyl groups is 1. The van der Waals surface area contributed by atoms with Crippen molar-refractivity contribution in [2.45, 2.75) is 19.4 Å². The molecule has 0 unspecified atom stereocenters. The first-order chi connectivity index (χ1) is 13.1. The van der Waals surface area contributed by atoms with Crippen molar-refractivity contribution in [2.75, 3.05) is 11.9 Å². The summed E-state index contributed by atoms with van der Waals surface area (Å²) in [5, 5.41) is 12.7. The minimum atomic E-state index is -0.444. The van der Waals surface area contributed by atoms with Gasteiger partial charge < -0.3 is 10.4 Å². The summed E-state index contributed by atoms with van der Waals surface area (Å²) in [4.78, 5) is 4.35. The Hall–Kier alpha value is -2.98. The number of hydrogen-bond acceptors (Lipinski definition) is 3. The number of fused-ring (bicyclic) bond motifs is 1. The van der Waals surface area contributed by atoms with Gasteiger partial charge in [0.25, 0.3) is 0 Å². The maximum Gasteiger partial charge on any atom is 0.126 e. The molecule has 3 aromatic rings. The third-order valence-electron chi connectivity index (χ3n) is 4.78. The van der Waals surface area contributed by atoms with Crippen molar-refractivity contribution >= 4 is 17.0 Å². The Kier molecular flexibility index (Phi) is 4.73. The predicted octanol–water partition coefficient (Wildman–Crippen LogP) is 4.53. The Morgan fingerprint density at radius 3 is 2.63 bits per heavy atom. The fourth-order valence-corrected chi connectivity index (χ4v) is 3.52. The van der Waals surface area contributed by atoms with Gasteiger partial charge in [0.15, 0.2) is 0 Å². The van der Waals surface area contributed by atoms with Crippen LogP contribution in [0.4, 0.5) is 10.2 Å². The normalized spacial score (nSPS) is 14.2. The lowest BCUT2D eigenvalue weighted by atomic mass is 9.95. The lowest BCUT2D eigenvalue weighted by Crippen LogP contribution is -2.16. The van der Waals surface area contributed by atoms with Crippen LogP contribution >= 0.6 is 0 Å². The second kappa shape index (κ2) is 7.33. The molecule has 0 fully saturated rings. The SMILES string of the molecule is C[C@H](O)CNc1cc(C2=C(c3ccc(F)cc3)c3ccccc3C2)ccn1. The Bertz CT molecular complexity index is 993. The number of aliphatic hydroxyl groups excluding tert-OH is 1. The van der Waals surface area contributed by atoms with Gasteiger partial charge >= 0.3 is 0 Å². The van der Waals surface area contributed by atoms with Crippen molar-refractivity contribution in [2.24, 2.45) is 0 Å². The number of pyridine rings is 1. The predicted molar refractivity (Wildman–Crippen MR) is 107 cm³/mol. The summed E-state index contributed by atoms with van der Waals surface area (Å²) in [6.07, 6.45) is 2.15. The van der Waals surface area contributed by atoms with Crippen molar-refractivity contribution in [1.82, 2.24) is 4.98 Å². The van der Waals surface area contributed by atoms with E-state index in [9.17, 15) is 9.50 Å². The first kappa shape index (κ1) is 17.4. The van der Waals surface area contributed by atoms with Gasteiger partial charge in [0.05, 0.1) is 6.10 Å². The number of allylic oxidation sites excluding steroid dienone is 1. The fourth-order valence-electron chi connectivity index (χ4n) is 3.52. The molecule has 0 amide bonds. The van der Waals surface area contributed by atoms with E-state index in [-0.39, 0.29) is 5.82 Å². The van der Waals surface area contributed by atoms with Gasteiger partial charge in [-0.1, -0.05) is 36.4 Å². The molecule has 3 nitrogen and oxygen atoms in total. The zero-order chi connectivity index (χ0) is 18.8. The van der Waals surface area contributed by atoms with Crippen LogP contribution in [0.15, 0.2) is 66.9 Å². The van der Waals surface area contributed by atoms with Gasteiger partial charge in [-0.2, -0.15) is 0 Å². The van der Waals surface area contributed by atoms with E-state index in [4.69, 9.17) is 0 Å². The highest BCUT2D eigenvalue weighted by Crippen LogP contribution is 2.42. The topological polar surface area (TPSA) is 45.1 Å². The van der Waals surface area contributed by atoms with Crippen molar-refractivity contribution < 1.29 is 9.50 Å². The molecule has 27 heavy (non-hydrogen) atoms. The van der Waals surface area contributed by atoms with Crippen molar-refractivity contribution in [3.63, 3.8) is 0 Å². The van der Waals surface area contributed by atoms with Crippen LogP contribution in [0.25, 0.3) is 11.1 Å². The summed E-state index contributed by atoms with van der Waals surface area (Å²) in [5.74, 6) is 0.496. The fraction of sp³-hybridized carbons (Fsp3) is 0.174. The summed E-state index contributed by atoms with van der Waals surface area (Å²) >= 11 is 0. The summed E-state index contributed by atoms with van der Waals surface area (Å²) < 4.78 is 13.4. The number of anilines is 1. The van der Waals surface area contributed by atoms with E-state index in [1.54, 1.807) is 13.1 Å². The number of aromatic nitrogens is 1. The van der Waals surface area contributed by atoms with Gasteiger partial charge in [-0.25, -0.2) is 9.37 Å². The van der Waals surface area contributed by atoms with Crippen LogP contribution in [0, 0.1) is 5.82 Å². The van der Waals surface area contributed by atoms with E-state index in [2.05, 4.69) is 22.4 Å². The second-order valence-corrected chi connectivity index (χ2v) is 6.85. The zero-order valence-corrected chi connectivity index (χ0v) is 15.1. The highest BCUT2D eigenvalue weighted by Gasteiger charge is 2.23. The van der Waals surface area contributed by atoms with Crippen LogP contribution < -0.4 is 5.32 Å². The van der Waals surface area contributed by atoms with E-state index in [0.29, 0.717) is 6.54 Å². The molecule has 1 heterocycles. The molecular formula is C23H21FN2O. The van der Waals surface area contributed by atoms with Crippen LogP contribution in [0.1, 0.15) is 29.2 Å². The van der Waals surface area contributed by atoms with E-state index < -0.39 is 6.10 Å². The maximum absolute atomic E-state index is 13.4. The van der Waals surface area contributed by atoms with Gasteiger partial charge in [0, 0.05) is 12.7 Å². The highest BCUT2D eigenvalue weighted by molar-refractivity contribution is 6.03. The molecule has 0 aliphatic heterocycles. The first-order valence-corrected chi connectivity index (χ1v) is 9.07. The van der Waals surface area contributed by atoms with Crippen molar-refractivity contribution in [3.8, 4) is 0 Å². The third kappa shape index (κ3) is 3.62. The monoisotopic (exact) mass is 360 g/mol.